The Morgan fingerprint density at radius 1 is 0.964 bits per heavy atom. The van der Waals surface area contributed by atoms with Crippen molar-refractivity contribution >= 4 is 40.8 Å². The average molecular weight is 428 g/mol. The van der Waals surface area contributed by atoms with E-state index in [0.717, 1.165) is 0 Å². The van der Waals surface area contributed by atoms with E-state index in [9.17, 15) is 9.59 Å². The Hall–Kier alpha value is -2.84. The predicted octanol–water partition coefficient (Wildman–Crippen LogP) is 3.63. The molecular weight excluding hydrogens is 409 g/mol. The van der Waals surface area contributed by atoms with Crippen LogP contribution in [-0.2, 0) is 4.79 Å². The molecule has 0 unspecified atom stereocenters. The summed E-state index contributed by atoms with van der Waals surface area (Å²) in [4.78, 5) is 24.2. The summed E-state index contributed by atoms with van der Waals surface area (Å²) in [5, 5.41) is 3.26. The monoisotopic (exact) mass is 427 g/mol. The van der Waals surface area contributed by atoms with Crippen molar-refractivity contribution in [2.24, 2.45) is 0 Å². The molecule has 2 rings (SSSR count). The number of rotatable bonds is 6. The van der Waals surface area contributed by atoms with Crippen LogP contribution < -0.4 is 30.4 Å². The third kappa shape index (κ3) is 5.83. The number of hydrazine groups is 1. The Bertz CT molecular complexity index is 863. The van der Waals surface area contributed by atoms with Crippen LogP contribution in [0.1, 0.15) is 6.92 Å². The molecule has 2 aromatic rings. The number of hydrogen-bond acceptors (Lipinski definition) is 5. The molecule has 0 saturated carbocycles. The summed E-state index contributed by atoms with van der Waals surface area (Å²) in [6.07, 6.45) is -0.926. The molecule has 0 fully saturated rings. The minimum Gasteiger partial charge on any atom is -0.497 e. The van der Waals surface area contributed by atoms with Gasteiger partial charge in [0.05, 0.1) is 24.9 Å². The van der Waals surface area contributed by atoms with Crippen LogP contribution in [0.2, 0.25) is 10.0 Å². The minimum absolute atomic E-state index is 0.267. The van der Waals surface area contributed by atoms with Crippen molar-refractivity contribution in [3.63, 3.8) is 0 Å². The van der Waals surface area contributed by atoms with Crippen LogP contribution in [0, 0.1) is 0 Å². The number of anilines is 1. The van der Waals surface area contributed by atoms with E-state index >= 15 is 0 Å². The van der Waals surface area contributed by atoms with Crippen LogP contribution in [0.5, 0.6) is 17.2 Å². The largest absolute Gasteiger partial charge is 0.497 e. The summed E-state index contributed by atoms with van der Waals surface area (Å²) in [6, 6.07) is 8.84. The second-order valence-electron chi connectivity index (χ2n) is 5.47. The number of carbonyl (C=O) groups excluding carboxylic acids is 2. The molecule has 0 aliphatic rings. The van der Waals surface area contributed by atoms with Crippen LogP contribution >= 0.6 is 23.2 Å². The number of benzene rings is 2. The Morgan fingerprint density at radius 3 is 2.32 bits per heavy atom. The van der Waals surface area contributed by atoms with Gasteiger partial charge in [-0.05, 0) is 37.3 Å². The highest BCUT2D eigenvalue weighted by atomic mass is 35.5. The van der Waals surface area contributed by atoms with Crippen LogP contribution in [-0.4, -0.2) is 32.3 Å². The number of carbonyl (C=O) groups is 2. The molecular formula is C18H19Cl2N3O5. The Balaban J connectivity index is 1.90. The lowest BCUT2D eigenvalue weighted by molar-refractivity contribution is -0.127. The predicted molar refractivity (Wildman–Crippen MR) is 106 cm³/mol. The van der Waals surface area contributed by atoms with Gasteiger partial charge in [0, 0.05) is 11.1 Å². The number of methoxy groups -OCH3 is 2. The van der Waals surface area contributed by atoms with Crippen molar-refractivity contribution in [1.82, 2.24) is 10.9 Å². The number of hydrogen-bond donors (Lipinski definition) is 3. The first-order valence-corrected chi connectivity index (χ1v) is 8.80. The standard InChI is InChI=1S/C18H19Cl2N3O5/c1-10(28-15-6-4-11(19)8-13(15)20)17(24)22-23-18(25)21-14-9-12(26-2)5-7-16(14)27-3/h4-10H,1-3H3,(H,22,24)(H2,21,23,25)/t10-/m0/s1. The maximum atomic E-state index is 12.1. The number of nitrogens with one attached hydrogen (secondary N) is 3. The maximum Gasteiger partial charge on any atom is 0.338 e. The molecule has 0 radical (unpaired) electrons. The second-order valence-corrected chi connectivity index (χ2v) is 6.31. The SMILES string of the molecule is COc1ccc(OC)c(NC(=O)NNC(=O)[C@H](C)Oc2ccc(Cl)cc2Cl)c1. The van der Waals surface area contributed by atoms with Gasteiger partial charge in [0.2, 0.25) is 0 Å². The highest BCUT2D eigenvalue weighted by molar-refractivity contribution is 6.35. The molecule has 0 saturated heterocycles. The van der Waals surface area contributed by atoms with Crippen molar-refractivity contribution < 1.29 is 23.8 Å². The zero-order chi connectivity index (χ0) is 20.7. The van der Waals surface area contributed by atoms with Crippen molar-refractivity contribution in [2.75, 3.05) is 19.5 Å². The van der Waals surface area contributed by atoms with Gasteiger partial charge in [-0.2, -0.15) is 0 Å². The zero-order valence-electron chi connectivity index (χ0n) is 15.3. The van der Waals surface area contributed by atoms with E-state index in [1.165, 1.54) is 27.2 Å². The Morgan fingerprint density at radius 2 is 1.68 bits per heavy atom. The molecule has 1 atom stereocenters. The van der Waals surface area contributed by atoms with Crippen molar-refractivity contribution in [3.05, 3.63) is 46.4 Å². The molecule has 10 heteroatoms. The van der Waals surface area contributed by atoms with Gasteiger partial charge in [0.1, 0.15) is 17.2 Å². The quantitative estimate of drug-likeness (QED) is 0.611. The first-order valence-electron chi connectivity index (χ1n) is 8.04. The van der Waals surface area contributed by atoms with Gasteiger partial charge in [-0.25, -0.2) is 10.2 Å². The van der Waals surface area contributed by atoms with Crippen LogP contribution in [0.15, 0.2) is 36.4 Å². The van der Waals surface area contributed by atoms with E-state index in [0.29, 0.717) is 28.0 Å². The molecule has 0 heterocycles. The van der Waals surface area contributed by atoms with Crippen molar-refractivity contribution in [1.29, 1.82) is 0 Å². The maximum absolute atomic E-state index is 12.1. The third-order valence-corrected chi connectivity index (χ3v) is 4.05. The van der Waals surface area contributed by atoms with E-state index in [1.54, 1.807) is 30.3 Å². The van der Waals surface area contributed by atoms with Gasteiger partial charge in [-0.15, -0.1) is 0 Å². The summed E-state index contributed by atoms with van der Waals surface area (Å²) >= 11 is 11.8. The second kappa shape index (κ2) is 9.91. The molecule has 0 aliphatic carbocycles. The molecule has 150 valence electrons. The lowest BCUT2D eigenvalue weighted by Gasteiger charge is -2.17. The summed E-state index contributed by atoms with van der Waals surface area (Å²) in [7, 11) is 2.97. The molecule has 3 amide bonds. The summed E-state index contributed by atoms with van der Waals surface area (Å²) < 4.78 is 15.7. The number of urea groups is 1. The molecule has 0 aromatic heterocycles. The Kier molecular flexibility index (Phi) is 7.60. The van der Waals surface area contributed by atoms with Crippen LogP contribution in [0.4, 0.5) is 10.5 Å². The summed E-state index contributed by atoms with van der Waals surface area (Å²) in [6.45, 7) is 1.50. The van der Waals surface area contributed by atoms with Gasteiger partial charge in [0.15, 0.2) is 6.10 Å². The minimum atomic E-state index is -0.926. The topological polar surface area (TPSA) is 97.9 Å². The molecule has 0 bridgehead atoms. The first-order chi connectivity index (χ1) is 13.3. The zero-order valence-corrected chi connectivity index (χ0v) is 16.9. The lowest BCUT2D eigenvalue weighted by Crippen LogP contribution is -2.48. The highest BCUT2D eigenvalue weighted by Gasteiger charge is 2.17. The van der Waals surface area contributed by atoms with Gasteiger partial charge in [-0.3, -0.25) is 10.2 Å². The molecule has 2 aromatic carbocycles. The molecule has 28 heavy (non-hydrogen) atoms. The fraction of sp³-hybridized carbons (Fsp3) is 0.222. The first kappa shape index (κ1) is 21.5. The summed E-state index contributed by atoms with van der Waals surface area (Å²) in [5.41, 5.74) is 4.85. The number of halogens is 2. The average Bonchev–Trinajstić information content (AvgIpc) is 2.68. The molecule has 3 N–H and O–H groups in total. The van der Waals surface area contributed by atoms with E-state index in [4.69, 9.17) is 37.4 Å². The van der Waals surface area contributed by atoms with Gasteiger partial charge in [-0.1, -0.05) is 23.2 Å². The summed E-state index contributed by atoms with van der Waals surface area (Å²) in [5.74, 6) is 0.663. The van der Waals surface area contributed by atoms with Crippen molar-refractivity contribution in [2.45, 2.75) is 13.0 Å². The van der Waals surface area contributed by atoms with Crippen LogP contribution in [0.3, 0.4) is 0 Å². The van der Waals surface area contributed by atoms with Gasteiger partial charge >= 0.3 is 6.03 Å². The lowest BCUT2D eigenvalue weighted by atomic mass is 10.2. The van der Waals surface area contributed by atoms with E-state index < -0.39 is 18.0 Å². The van der Waals surface area contributed by atoms with E-state index in [1.807, 2.05) is 0 Å². The van der Waals surface area contributed by atoms with Gasteiger partial charge < -0.3 is 19.5 Å². The highest BCUT2D eigenvalue weighted by Crippen LogP contribution is 2.29. The number of amides is 3. The smallest absolute Gasteiger partial charge is 0.338 e. The molecule has 0 aliphatic heterocycles. The molecule has 0 spiro atoms. The normalized spacial score (nSPS) is 11.2. The van der Waals surface area contributed by atoms with Crippen LogP contribution in [0.25, 0.3) is 0 Å². The fourth-order valence-corrected chi connectivity index (χ4v) is 2.55. The fourth-order valence-electron chi connectivity index (χ4n) is 2.10. The van der Waals surface area contributed by atoms with E-state index in [2.05, 4.69) is 16.2 Å². The van der Waals surface area contributed by atoms with E-state index in [-0.39, 0.29) is 5.02 Å². The molecule has 8 nitrogen and oxygen atoms in total. The third-order valence-electron chi connectivity index (χ3n) is 3.52. The van der Waals surface area contributed by atoms with Gasteiger partial charge in [0.25, 0.3) is 5.91 Å². The Labute approximate surface area is 172 Å². The van der Waals surface area contributed by atoms with Crippen molar-refractivity contribution in [3.8, 4) is 17.2 Å². The number of ether oxygens (including phenoxy) is 3.